The Labute approximate surface area is 87.4 Å². The number of rotatable bonds is 3. The molecule has 1 N–H and O–H groups in total. The van der Waals surface area contributed by atoms with Gasteiger partial charge in [0.15, 0.2) is 0 Å². The zero-order valence-corrected chi connectivity index (χ0v) is 9.50. The van der Waals surface area contributed by atoms with Crippen LogP contribution < -0.4 is 0 Å². The lowest BCUT2D eigenvalue weighted by atomic mass is 9.92. The smallest absolute Gasteiger partial charge is 0.0891 e. The van der Waals surface area contributed by atoms with Crippen LogP contribution in [0.15, 0.2) is 4.99 Å². The third-order valence-corrected chi connectivity index (χ3v) is 3.04. The van der Waals surface area contributed by atoms with Crippen molar-refractivity contribution in [1.29, 1.82) is 0 Å². The number of aliphatic imine (C=N–C) groups is 1. The lowest BCUT2D eigenvalue weighted by Crippen LogP contribution is -2.26. The van der Waals surface area contributed by atoms with Crippen LogP contribution in [0.1, 0.15) is 52.4 Å². The molecular formula is C12H23NO. The van der Waals surface area contributed by atoms with E-state index in [1.807, 2.05) is 13.8 Å². The highest BCUT2D eigenvalue weighted by Crippen LogP contribution is 2.25. The first-order valence-electron chi connectivity index (χ1n) is 5.98. The van der Waals surface area contributed by atoms with Crippen molar-refractivity contribution in [3.63, 3.8) is 0 Å². The summed E-state index contributed by atoms with van der Waals surface area (Å²) in [4.78, 5) is 4.46. The van der Waals surface area contributed by atoms with Crippen LogP contribution >= 0.6 is 0 Å². The van der Waals surface area contributed by atoms with Crippen LogP contribution in [0.3, 0.4) is 0 Å². The van der Waals surface area contributed by atoms with Gasteiger partial charge < -0.3 is 5.11 Å². The molecule has 0 amide bonds. The first kappa shape index (κ1) is 11.7. The van der Waals surface area contributed by atoms with E-state index in [-0.39, 0.29) is 6.10 Å². The summed E-state index contributed by atoms with van der Waals surface area (Å²) in [5.41, 5.74) is 1.05. The molecule has 0 saturated heterocycles. The van der Waals surface area contributed by atoms with Crippen LogP contribution in [0.2, 0.25) is 0 Å². The molecule has 0 aromatic carbocycles. The van der Waals surface area contributed by atoms with E-state index < -0.39 is 0 Å². The van der Waals surface area contributed by atoms with Gasteiger partial charge in [0, 0.05) is 12.3 Å². The van der Waals surface area contributed by atoms with Gasteiger partial charge in [-0.3, -0.25) is 4.99 Å². The van der Waals surface area contributed by atoms with E-state index in [9.17, 15) is 5.11 Å². The molecule has 1 atom stereocenters. The summed E-state index contributed by atoms with van der Waals surface area (Å²) in [6.07, 6.45) is 7.43. The fourth-order valence-electron chi connectivity index (χ4n) is 2.36. The third-order valence-electron chi connectivity index (χ3n) is 3.04. The fourth-order valence-corrected chi connectivity index (χ4v) is 2.36. The van der Waals surface area contributed by atoms with Gasteiger partial charge in [-0.25, -0.2) is 0 Å². The van der Waals surface area contributed by atoms with E-state index in [0.29, 0.717) is 5.92 Å². The first-order valence-corrected chi connectivity index (χ1v) is 5.98. The maximum atomic E-state index is 9.66. The molecule has 82 valence electrons. The Morgan fingerprint density at radius 2 is 1.86 bits per heavy atom. The second kappa shape index (κ2) is 6.18. The molecule has 0 aromatic heterocycles. The number of aliphatic hydroxyl groups is 1. The minimum absolute atomic E-state index is 0.349. The highest BCUT2D eigenvalue weighted by molar-refractivity contribution is 5.90. The van der Waals surface area contributed by atoms with Crippen molar-refractivity contribution in [2.45, 2.75) is 58.5 Å². The number of hydrogen-bond acceptors (Lipinski definition) is 2. The Morgan fingerprint density at radius 3 is 2.29 bits per heavy atom. The van der Waals surface area contributed by atoms with Crippen molar-refractivity contribution in [2.24, 2.45) is 10.9 Å². The summed E-state index contributed by atoms with van der Waals surface area (Å²) < 4.78 is 0. The summed E-state index contributed by atoms with van der Waals surface area (Å²) in [5.74, 6) is 0.553. The molecule has 1 saturated carbocycles. The van der Waals surface area contributed by atoms with Crippen LogP contribution in [-0.4, -0.2) is 23.5 Å². The Balaban J connectivity index is 2.61. The Bertz CT molecular complexity index is 179. The molecule has 14 heavy (non-hydrogen) atoms. The van der Waals surface area contributed by atoms with E-state index in [0.717, 1.165) is 12.3 Å². The topological polar surface area (TPSA) is 32.6 Å². The van der Waals surface area contributed by atoms with Crippen molar-refractivity contribution >= 4 is 5.71 Å². The second-order valence-corrected chi connectivity index (χ2v) is 4.26. The highest BCUT2D eigenvalue weighted by Gasteiger charge is 2.20. The number of aliphatic hydroxyl groups excluding tert-OH is 1. The van der Waals surface area contributed by atoms with Gasteiger partial charge in [-0.1, -0.05) is 25.7 Å². The van der Waals surface area contributed by atoms with Gasteiger partial charge in [0.25, 0.3) is 0 Å². The standard InChI is InChI=1S/C12H23NO/c1-3-13-12(10(2)14)11-8-6-4-5-7-9-11/h10-11,14H,3-9H2,1-2H3. The van der Waals surface area contributed by atoms with Gasteiger partial charge in [-0.2, -0.15) is 0 Å². The lowest BCUT2D eigenvalue weighted by molar-refractivity contribution is 0.252. The summed E-state index contributed by atoms with van der Waals surface area (Å²) in [5, 5.41) is 9.66. The molecule has 0 bridgehead atoms. The molecule has 0 aliphatic heterocycles. The normalized spacial score (nSPS) is 23.2. The minimum atomic E-state index is -0.349. The number of hydrogen-bond donors (Lipinski definition) is 1. The van der Waals surface area contributed by atoms with Gasteiger partial charge in [-0.05, 0) is 32.6 Å². The van der Waals surface area contributed by atoms with Gasteiger partial charge in [-0.15, -0.1) is 0 Å². The molecule has 0 radical (unpaired) electrons. The molecule has 2 heteroatoms. The average molecular weight is 197 g/mol. The van der Waals surface area contributed by atoms with Crippen molar-refractivity contribution in [3.05, 3.63) is 0 Å². The SMILES string of the molecule is CCN=C(C(C)O)C1CCCCCC1. The number of nitrogens with zero attached hydrogens (tertiary/aromatic N) is 1. The monoisotopic (exact) mass is 197 g/mol. The highest BCUT2D eigenvalue weighted by atomic mass is 16.3. The Morgan fingerprint density at radius 1 is 1.29 bits per heavy atom. The second-order valence-electron chi connectivity index (χ2n) is 4.26. The summed E-state index contributed by atoms with van der Waals surface area (Å²) in [6.45, 7) is 4.69. The van der Waals surface area contributed by atoms with Gasteiger partial charge >= 0.3 is 0 Å². The van der Waals surface area contributed by atoms with Gasteiger partial charge in [0.05, 0.1) is 6.10 Å². The quantitative estimate of drug-likeness (QED) is 0.547. The van der Waals surface area contributed by atoms with E-state index in [1.54, 1.807) is 0 Å². The molecule has 1 fully saturated rings. The van der Waals surface area contributed by atoms with Crippen LogP contribution in [0.4, 0.5) is 0 Å². The van der Waals surface area contributed by atoms with Crippen molar-refractivity contribution in [1.82, 2.24) is 0 Å². The van der Waals surface area contributed by atoms with Crippen molar-refractivity contribution in [3.8, 4) is 0 Å². The molecular weight excluding hydrogens is 174 g/mol. The Kier molecular flexibility index (Phi) is 5.16. The van der Waals surface area contributed by atoms with E-state index >= 15 is 0 Å². The van der Waals surface area contributed by atoms with E-state index in [1.165, 1.54) is 38.5 Å². The molecule has 0 heterocycles. The maximum Gasteiger partial charge on any atom is 0.0891 e. The fraction of sp³-hybridized carbons (Fsp3) is 0.917. The zero-order chi connectivity index (χ0) is 10.4. The molecule has 1 aliphatic rings. The van der Waals surface area contributed by atoms with Crippen LogP contribution in [0, 0.1) is 5.92 Å². The van der Waals surface area contributed by atoms with Gasteiger partial charge in [0.1, 0.15) is 0 Å². The predicted octanol–water partition coefficient (Wildman–Crippen LogP) is 2.80. The maximum absolute atomic E-state index is 9.66. The molecule has 2 nitrogen and oxygen atoms in total. The summed E-state index contributed by atoms with van der Waals surface area (Å²) >= 11 is 0. The lowest BCUT2D eigenvalue weighted by Gasteiger charge is -2.19. The largest absolute Gasteiger partial charge is 0.387 e. The van der Waals surface area contributed by atoms with Crippen LogP contribution in [0.25, 0.3) is 0 Å². The van der Waals surface area contributed by atoms with Gasteiger partial charge in [0.2, 0.25) is 0 Å². The average Bonchev–Trinajstić information content (AvgIpc) is 2.41. The zero-order valence-electron chi connectivity index (χ0n) is 9.50. The predicted molar refractivity (Wildman–Crippen MR) is 60.8 cm³/mol. The molecule has 1 unspecified atom stereocenters. The molecule has 0 aromatic rings. The first-order chi connectivity index (χ1) is 6.75. The van der Waals surface area contributed by atoms with Crippen LogP contribution in [0.5, 0.6) is 0 Å². The third kappa shape index (κ3) is 3.41. The van der Waals surface area contributed by atoms with Crippen molar-refractivity contribution < 1.29 is 5.11 Å². The molecule has 1 aliphatic carbocycles. The van der Waals surface area contributed by atoms with Crippen LogP contribution in [-0.2, 0) is 0 Å². The summed E-state index contributed by atoms with van der Waals surface area (Å²) in [6, 6.07) is 0. The molecule has 0 spiro atoms. The minimum Gasteiger partial charge on any atom is -0.387 e. The van der Waals surface area contributed by atoms with E-state index in [4.69, 9.17) is 0 Å². The van der Waals surface area contributed by atoms with Crippen molar-refractivity contribution in [2.75, 3.05) is 6.54 Å². The molecule has 1 rings (SSSR count). The Hall–Kier alpha value is -0.370. The summed E-state index contributed by atoms with van der Waals surface area (Å²) in [7, 11) is 0. The van der Waals surface area contributed by atoms with E-state index in [2.05, 4.69) is 4.99 Å².